The van der Waals surface area contributed by atoms with E-state index in [0.717, 1.165) is 12.1 Å². The SMILES string of the molecule is O=C(Oc1ccc(F)cc1)N1CCC(c2c(C(=O)N3CCC(c4ccccc4)C3)cnn2-c2ccc(F)cc2)CC1. The molecule has 0 N–H and O–H groups in total. The second-order valence-electron chi connectivity index (χ2n) is 10.6. The molecule has 0 radical (unpaired) electrons. The standard InChI is InChI=1S/C32H30F2N4O3/c33-25-6-10-27(11-7-25)38-30(23-14-17-36(18-15-23)32(40)41-28-12-8-26(34)9-13-28)29(20-35-38)31(39)37-19-16-24(21-37)22-4-2-1-3-5-22/h1-13,20,23-24H,14-19,21H2. The lowest BCUT2D eigenvalue weighted by Crippen LogP contribution is -2.40. The number of benzene rings is 3. The van der Waals surface area contributed by atoms with Crippen LogP contribution in [0, 0.1) is 11.6 Å². The van der Waals surface area contributed by atoms with Crippen molar-refractivity contribution in [3.63, 3.8) is 0 Å². The fourth-order valence-corrected chi connectivity index (χ4v) is 5.82. The fourth-order valence-electron chi connectivity index (χ4n) is 5.82. The molecule has 1 unspecified atom stereocenters. The summed E-state index contributed by atoms with van der Waals surface area (Å²) in [7, 11) is 0. The maximum absolute atomic E-state index is 13.9. The molecular formula is C32H30F2N4O3. The second-order valence-corrected chi connectivity index (χ2v) is 10.6. The Kier molecular flexibility index (Phi) is 7.50. The molecule has 0 spiro atoms. The third kappa shape index (κ3) is 5.70. The summed E-state index contributed by atoms with van der Waals surface area (Å²) in [4.78, 5) is 30.2. The molecule has 3 aromatic carbocycles. The van der Waals surface area contributed by atoms with Gasteiger partial charge in [0.1, 0.15) is 17.4 Å². The zero-order chi connectivity index (χ0) is 28.3. The van der Waals surface area contributed by atoms with Crippen LogP contribution in [0.15, 0.2) is 85.1 Å². The average molecular weight is 557 g/mol. The highest BCUT2D eigenvalue weighted by Gasteiger charge is 2.35. The van der Waals surface area contributed by atoms with Crippen LogP contribution >= 0.6 is 0 Å². The average Bonchev–Trinajstić information content (AvgIpc) is 3.68. The molecule has 2 aliphatic heterocycles. The molecule has 2 saturated heterocycles. The highest BCUT2D eigenvalue weighted by atomic mass is 19.1. The zero-order valence-electron chi connectivity index (χ0n) is 22.5. The molecule has 210 valence electrons. The molecule has 2 amide bonds. The highest BCUT2D eigenvalue weighted by molar-refractivity contribution is 5.95. The number of ether oxygens (including phenoxy) is 1. The van der Waals surface area contributed by atoms with Gasteiger partial charge in [-0.2, -0.15) is 5.10 Å². The Morgan fingerprint density at radius 2 is 1.37 bits per heavy atom. The van der Waals surface area contributed by atoms with Gasteiger partial charge in [0.25, 0.3) is 5.91 Å². The van der Waals surface area contributed by atoms with Crippen molar-refractivity contribution in [2.24, 2.45) is 0 Å². The third-order valence-electron chi connectivity index (χ3n) is 8.01. The van der Waals surface area contributed by atoms with Crippen LogP contribution in [-0.4, -0.2) is 57.8 Å². The van der Waals surface area contributed by atoms with Crippen molar-refractivity contribution in [2.75, 3.05) is 26.2 Å². The largest absolute Gasteiger partial charge is 0.415 e. The van der Waals surface area contributed by atoms with Crippen molar-refractivity contribution >= 4 is 12.0 Å². The van der Waals surface area contributed by atoms with Crippen molar-refractivity contribution < 1.29 is 23.1 Å². The van der Waals surface area contributed by atoms with Crippen molar-refractivity contribution in [1.29, 1.82) is 0 Å². The first-order valence-corrected chi connectivity index (χ1v) is 13.9. The quantitative estimate of drug-likeness (QED) is 0.295. The summed E-state index contributed by atoms with van der Waals surface area (Å²) in [6.45, 7) is 2.14. The van der Waals surface area contributed by atoms with Gasteiger partial charge in [-0.3, -0.25) is 4.79 Å². The third-order valence-corrected chi connectivity index (χ3v) is 8.01. The van der Waals surface area contributed by atoms with Crippen LogP contribution in [0.4, 0.5) is 13.6 Å². The number of amides is 2. The predicted molar refractivity (Wildman–Crippen MR) is 149 cm³/mol. The van der Waals surface area contributed by atoms with Crippen molar-refractivity contribution in [1.82, 2.24) is 19.6 Å². The van der Waals surface area contributed by atoms with Gasteiger partial charge in [0, 0.05) is 38.0 Å². The molecular weight excluding hydrogens is 526 g/mol. The first kappa shape index (κ1) is 26.7. The van der Waals surface area contributed by atoms with E-state index in [1.54, 1.807) is 27.9 Å². The minimum atomic E-state index is -0.498. The van der Waals surface area contributed by atoms with Gasteiger partial charge >= 0.3 is 6.09 Å². The topological polar surface area (TPSA) is 67.7 Å². The minimum Gasteiger partial charge on any atom is -0.410 e. The van der Waals surface area contributed by atoms with E-state index in [1.807, 2.05) is 23.1 Å². The maximum atomic E-state index is 13.9. The van der Waals surface area contributed by atoms with Crippen LogP contribution in [0.1, 0.15) is 52.7 Å². The number of piperidine rings is 1. The number of likely N-dealkylation sites (tertiary alicyclic amines) is 2. The first-order chi connectivity index (χ1) is 20.0. The summed E-state index contributed by atoms with van der Waals surface area (Å²) in [5.74, 6) is -0.311. The number of aromatic nitrogens is 2. The van der Waals surface area contributed by atoms with Gasteiger partial charge in [-0.1, -0.05) is 30.3 Å². The Labute approximate surface area is 236 Å². The van der Waals surface area contributed by atoms with Crippen LogP contribution in [0.5, 0.6) is 5.75 Å². The van der Waals surface area contributed by atoms with Crippen molar-refractivity contribution in [2.45, 2.75) is 31.1 Å². The molecule has 7 nitrogen and oxygen atoms in total. The normalized spacial score (nSPS) is 17.6. The van der Waals surface area contributed by atoms with Crippen molar-refractivity contribution in [3.05, 3.63) is 114 Å². The van der Waals surface area contributed by atoms with Gasteiger partial charge in [0.2, 0.25) is 0 Å². The molecule has 0 aliphatic carbocycles. The Morgan fingerprint density at radius 3 is 2.05 bits per heavy atom. The Bertz CT molecular complexity index is 1520. The summed E-state index contributed by atoms with van der Waals surface area (Å²) < 4.78 is 34.1. The van der Waals surface area contributed by atoms with Crippen LogP contribution in [0.3, 0.4) is 0 Å². The summed E-state index contributed by atoms with van der Waals surface area (Å²) in [6, 6.07) is 21.6. The maximum Gasteiger partial charge on any atom is 0.415 e. The summed E-state index contributed by atoms with van der Waals surface area (Å²) in [5, 5.41) is 4.59. The van der Waals surface area contributed by atoms with E-state index in [2.05, 4.69) is 17.2 Å². The summed E-state index contributed by atoms with van der Waals surface area (Å²) in [5.41, 5.74) is 3.21. The van der Waals surface area contributed by atoms with E-state index in [-0.39, 0.29) is 29.3 Å². The number of halogens is 2. The Hall–Kier alpha value is -4.53. The van der Waals surface area contributed by atoms with E-state index >= 15 is 0 Å². The first-order valence-electron chi connectivity index (χ1n) is 13.9. The monoisotopic (exact) mass is 556 g/mol. The molecule has 4 aromatic rings. The van der Waals surface area contributed by atoms with Gasteiger partial charge in [-0.15, -0.1) is 0 Å². The molecule has 2 aliphatic rings. The lowest BCUT2D eigenvalue weighted by atomic mass is 9.90. The predicted octanol–water partition coefficient (Wildman–Crippen LogP) is 6.16. The van der Waals surface area contributed by atoms with Crippen molar-refractivity contribution in [3.8, 4) is 11.4 Å². The van der Waals surface area contributed by atoms with Gasteiger partial charge in [0.05, 0.1) is 23.1 Å². The van der Waals surface area contributed by atoms with E-state index in [0.29, 0.717) is 50.3 Å². The van der Waals surface area contributed by atoms with Gasteiger partial charge < -0.3 is 14.5 Å². The van der Waals surface area contributed by atoms with Gasteiger partial charge in [-0.05, 0) is 73.4 Å². The lowest BCUT2D eigenvalue weighted by molar-refractivity contribution is 0.0787. The summed E-state index contributed by atoms with van der Waals surface area (Å²) in [6.07, 6.45) is 3.21. The van der Waals surface area contributed by atoms with E-state index in [1.165, 1.54) is 42.0 Å². The number of nitrogens with zero attached hydrogens (tertiary/aromatic N) is 4. The van der Waals surface area contributed by atoms with Gasteiger partial charge in [0.15, 0.2) is 0 Å². The number of hydrogen-bond acceptors (Lipinski definition) is 4. The molecule has 1 aromatic heterocycles. The smallest absolute Gasteiger partial charge is 0.410 e. The van der Waals surface area contributed by atoms with Crippen LogP contribution in [0.25, 0.3) is 5.69 Å². The fraction of sp³-hybridized carbons (Fsp3) is 0.281. The molecule has 3 heterocycles. The number of hydrogen-bond donors (Lipinski definition) is 0. The van der Waals surface area contributed by atoms with Crippen LogP contribution < -0.4 is 4.74 Å². The Morgan fingerprint density at radius 1 is 0.756 bits per heavy atom. The molecule has 9 heteroatoms. The van der Waals surface area contributed by atoms with Crippen LogP contribution in [-0.2, 0) is 0 Å². The molecule has 41 heavy (non-hydrogen) atoms. The second kappa shape index (κ2) is 11.5. The highest BCUT2D eigenvalue weighted by Crippen LogP contribution is 2.35. The van der Waals surface area contributed by atoms with Crippen LogP contribution in [0.2, 0.25) is 0 Å². The Balaban J connectivity index is 1.21. The number of rotatable bonds is 5. The molecule has 6 rings (SSSR count). The van der Waals surface area contributed by atoms with E-state index < -0.39 is 11.9 Å². The lowest BCUT2D eigenvalue weighted by Gasteiger charge is -2.32. The minimum absolute atomic E-state index is 0.0519. The number of carbonyl (C=O) groups excluding carboxylic acids is 2. The summed E-state index contributed by atoms with van der Waals surface area (Å²) >= 11 is 0. The zero-order valence-corrected chi connectivity index (χ0v) is 22.5. The molecule has 2 fully saturated rings. The molecule has 0 bridgehead atoms. The van der Waals surface area contributed by atoms with E-state index in [9.17, 15) is 18.4 Å². The molecule has 0 saturated carbocycles. The molecule has 1 atom stereocenters. The number of carbonyl (C=O) groups is 2. The van der Waals surface area contributed by atoms with Gasteiger partial charge in [-0.25, -0.2) is 18.3 Å². The van der Waals surface area contributed by atoms with E-state index in [4.69, 9.17) is 4.74 Å².